The molecule has 2 aromatic carbocycles. The van der Waals surface area contributed by atoms with Gasteiger partial charge in [-0.15, -0.1) is 0 Å². The number of rotatable bonds is 2. The first-order valence-corrected chi connectivity index (χ1v) is 7.01. The summed E-state index contributed by atoms with van der Waals surface area (Å²) in [5, 5.41) is 1.94. The molecule has 19 heavy (non-hydrogen) atoms. The van der Waals surface area contributed by atoms with Gasteiger partial charge >= 0.3 is 0 Å². The lowest BCUT2D eigenvalue weighted by molar-refractivity contribution is 0.415. The van der Waals surface area contributed by atoms with Gasteiger partial charge in [0.05, 0.1) is 17.2 Å². The number of benzene rings is 2. The molecule has 0 aromatic heterocycles. The average molecular weight is 356 g/mol. The topological polar surface area (TPSA) is 9.23 Å². The first-order valence-electron chi connectivity index (χ1n) is 5.12. The van der Waals surface area contributed by atoms with E-state index in [4.69, 9.17) is 62.7 Å². The molecule has 2 rings (SSSR count). The van der Waals surface area contributed by atoms with E-state index in [2.05, 4.69) is 0 Å². The number of halogens is 5. The number of ether oxygens (including phenoxy) is 1. The highest BCUT2D eigenvalue weighted by Gasteiger charge is 2.18. The minimum atomic E-state index is 0.287. The smallest absolute Gasteiger partial charge is 0.140 e. The van der Waals surface area contributed by atoms with Crippen molar-refractivity contribution in [3.8, 4) is 16.9 Å². The summed E-state index contributed by atoms with van der Waals surface area (Å²) >= 11 is 30.6. The van der Waals surface area contributed by atoms with Gasteiger partial charge in [-0.25, -0.2) is 0 Å². The normalized spacial score (nSPS) is 10.6. The molecular weight excluding hydrogens is 349 g/mol. The van der Waals surface area contributed by atoms with Crippen molar-refractivity contribution in [2.75, 3.05) is 7.11 Å². The van der Waals surface area contributed by atoms with E-state index in [1.165, 1.54) is 7.11 Å². The Morgan fingerprint density at radius 3 is 2.11 bits per heavy atom. The van der Waals surface area contributed by atoms with Crippen molar-refractivity contribution in [2.24, 2.45) is 0 Å². The van der Waals surface area contributed by atoms with Crippen LogP contribution in [0.2, 0.25) is 25.1 Å². The summed E-state index contributed by atoms with van der Waals surface area (Å²) in [4.78, 5) is 0. The SMILES string of the molecule is COc1cc(Cl)c(-c2ccc(Cl)cc2Cl)c(Cl)c1Cl. The minimum Gasteiger partial charge on any atom is -0.495 e. The second kappa shape index (κ2) is 5.99. The molecule has 0 unspecified atom stereocenters. The van der Waals surface area contributed by atoms with Crippen molar-refractivity contribution < 1.29 is 4.74 Å². The zero-order valence-electron chi connectivity index (χ0n) is 9.61. The second-order valence-electron chi connectivity index (χ2n) is 3.69. The van der Waals surface area contributed by atoms with E-state index < -0.39 is 0 Å². The molecule has 100 valence electrons. The van der Waals surface area contributed by atoms with Crippen LogP contribution in [-0.4, -0.2) is 7.11 Å². The molecule has 0 heterocycles. The van der Waals surface area contributed by atoms with Crippen molar-refractivity contribution in [3.63, 3.8) is 0 Å². The van der Waals surface area contributed by atoms with Crippen molar-refractivity contribution in [1.82, 2.24) is 0 Å². The summed E-state index contributed by atoms with van der Waals surface area (Å²) in [5.41, 5.74) is 1.21. The maximum atomic E-state index is 6.24. The van der Waals surface area contributed by atoms with E-state index in [1.54, 1.807) is 24.3 Å². The largest absolute Gasteiger partial charge is 0.495 e. The number of methoxy groups -OCH3 is 1. The molecular formula is C13H7Cl5O. The first kappa shape index (κ1) is 15.1. The van der Waals surface area contributed by atoms with E-state index in [0.717, 1.165) is 0 Å². The first-order chi connectivity index (χ1) is 8.95. The summed E-state index contributed by atoms with van der Waals surface area (Å²) in [6.07, 6.45) is 0. The molecule has 1 nitrogen and oxygen atoms in total. The van der Waals surface area contributed by atoms with Gasteiger partial charge in [-0.05, 0) is 12.1 Å². The molecule has 0 saturated heterocycles. The average Bonchev–Trinajstić information content (AvgIpc) is 2.36. The third kappa shape index (κ3) is 2.91. The third-order valence-corrected chi connectivity index (χ3v) is 4.24. The Morgan fingerprint density at radius 1 is 0.842 bits per heavy atom. The van der Waals surface area contributed by atoms with Crippen molar-refractivity contribution in [1.29, 1.82) is 0 Å². The van der Waals surface area contributed by atoms with Crippen LogP contribution in [0.5, 0.6) is 5.75 Å². The fourth-order valence-corrected chi connectivity index (χ4v) is 3.03. The summed E-state index contributed by atoms with van der Waals surface area (Å²) in [6, 6.07) is 6.65. The molecule has 6 heteroatoms. The lowest BCUT2D eigenvalue weighted by atomic mass is 10.1. The van der Waals surface area contributed by atoms with Gasteiger partial charge in [-0.3, -0.25) is 0 Å². The summed E-state index contributed by atoms with van der Waals surface area (Å²) in [6.45, 7) is 0. The molecule has 0 fully saturated rings. The van der Waals surface area contributed by atoms with Crippen molar-refractivity contribution >= 4 is 58.0 Å². The van der Waals surface area contributed by atoms with Crippen LogP contribution in [0.15, 0.2) is 24.3 Å². The van der Waals surface area contributed by atoms with Gasteiger partial charge in [-0.1, -0.05) is 64.1 Å². The molecule has 0 aliphatic rings. The number of hydrogen-bond acceptors (Lipinski definition) is 1. The summed E-state index contributed by atoms with van der Waals surface area (Å²) in [5.74, 6) is 0.408. The highest BCUT2D eigenvalue weighted by Crippen LogP contribution is 2.46. The van der Waals surface area contributed by atoms with Crippen LogP contribution in [0.4, 0.5) is 0 Å². The standard InChI is InChI=1S/C13H7Cl5O/c1-19-10-5-9(16)11(13(18)12(10)17)7-3-2-6(14)4-8(7)15/h2-5H,1H3. The van der Waals surface area contributed by atoms with E-state index in [9.17, 15) is 0 Å². The maximum Gasteiger partial charge on any atom is 0.140 e. The minimum absolute atomic E-state index is 0.287. The van der Waals surface area contributed by atoms with Crippen LogP contribution in [-0.2, 0) is 0 Å². The summed E-state index contributed by atoms with van der Waals surface area (Å²) in [7, 11) is 1.49. The van der Waals surface area contributed by atoms with Gasteiger partial charge in [0.2, 0.25) is 0 Å². The van der Waals surface area contributed by atoms with Crippen LogP contribution in [0.25, 0.3) is 11.1 Å². The molecule has 0 bridgehead atoms. The quantitative estimate of drug-likeness (QED) is 0.549. The fourth-order valence-electron chi connectivity index (χ4n) is 1.66. The molecule has 2 aromatic rings. The van der Waals surface area contributed by atoms with E-state index in [-0.39, 0.29) is 10.0 Å². The van der Waals surface area contributed by atoms with Gasteiger partial charge in [0, 0.05) is 27.2 Å². The van der Waals surface area contributed by atoms with Crippen LogP contribution >= 0.6 is 58.0 Å². The Labute approximate surface area is 135 Å². The molecule has 0 aliphatic heterocycles. The van der Waals surface area contributed by atoms with Crippen LogP contribution in [0.3, 0.4) is 0 Å². The Kier molecular flexibility index (Phi) is 4.75. The van der Waals surface area contributed by atoms with Gasteiger partial charge in [-0.2, -0.15) is 0 Å². The Balaban J connectivity index is 2.72. The Bertz CT molecular complexity index is 639. The lowest BCUT2D eigenvalue weighted by Gasteiger charge is -2.13. The molecule has 0 saturated carbocycles. The zero-order valence-corrected chi connectivity index (χ0v) is 13.4. The van der Waals surface area contributed by atoms with Gasteiger partial charge in [0.1, 0.15) is 10.8 Å². The highest BCUT2D eigenvalue weighted by molar-refractivity contribution is 6.47. The van der Waals surface area contributed by atoms with Crippen LogP contribution in [0.1, 0.15) is 0 Å². The maximum absolute atomic E-state index is 6.24. The van der Waals surface area contributed by atoms with Crippen molar-refractivity contribution in [3.05, 3.63) is 49.4 Å². The fraction of sp³-hybridized carbons (Fsp3) is 0.0769. The van der Waals surface area contributed by atoms with E-state index >= 15 is 0 Å². The lowest BCUT2D eigenvalue weighted by Crippen LogP contribution is -1.90. The van der Waals surface area contributed by atoms with E-state index in [0.29, 0.717) is 31.9 Å². The Morgan fingerprint density at radius 2 is 1.53 bits per heavy atom. The zero-order chi connectivity index (χ0) is 14.2. The predicted octanol–water partition coefficient (Wildman–Crippen LogP) is 6.63. The molecule has 0 amide bonds. The highest BCUT2D eigenvalue weighted by atomic mass is 35.5. The Hall–Kier alpha value is -0.310. The van der Waals surface area contributed by atoms with Crippen LogP contribution < -0.4 is 4.74 Å². The van der Waals surface area contributed by atoms with Crippen LogP contribution in [0, 0.1) is 0 Å². The molecule has 0 atom stereocenters. The predicted molar refractivity (Wildman–Crippen MR) is 83.5 cm³/mol. The molecule has 0 spiro atoms. The van der Waals surface area contributed by atoms with Crippen molar-refractivity contribution in [2.45, 2.75) is 0 Å². The van der Waals surface area contributed by atoms with Gasteiger partial charge < -0.3 is 4.74 Å². The monoisotopic (exact) mass is 354 g/mol. The second-order valence-corrected chi connectivity index (χ2v) is 5.69. The van der Waals surface area contributed by atoms with Gasteiger partial charge in [0.15, 0.2) is 0 Å². The molecule has 0 aliphatic carbocycles. The van der Waals surface area contributed by atoms with E-state index in [1.807, 2.05) is 0 Å². The summed E-state index contributed by atoms with van der Waals surface area (Å²) < 4.78 is 5.09. The molecule has 0 radical (unpaired) electrons. The molecule has 0 N–H and O–H groups in total. The van der Waals surface area contributed by atoms with Gasteiger partial charge in [0.25, 0.3) is 0 Å². The third-order valence-electron chi connectivity index (χ3n) is 2.55. The number of hydrogen-bond donors (Lipinski definition) is 0.